The molecule has 1 unspecified atom stereocenters. The molecule has 0 amide bonds. The molecule has 270 valence electrons. The van der Waals surface area contributed by atoms with E-state index >= 15 is 0 Å². The number of carbonyl (C=O) groups excluding carboxylic acids is 1. The normalized spacial score (nSPS) is 21.8. The van der Waals surface area contributed by atoms with Crippen molar-refractivity contribution in [1.82, 2.24) is 0 Å². The van der Waals surface area contributed by atoms with Crippen molar-refractivity contribution in [1.29, 1.82) is 0 Å². The Labute approximate surface area is 290 Å². The highest BCUT2D eigenvalue weighted by molar-refractivity contribution is 7.57. The Hall–Kier alpha value is -0.866. The van der Waals surface area contributed by atoms with Crippen molar-refractivity contribution in [3.8, 4) is 0 Å². The number of ether oxygens (including phenoxy) is 1. The van der Waals surface area contributed by atoms with E-state index in [4.69, 9.17) is 13.6 Å². The number of carbonyl (C=O) groups is 1. The lowest BCUT2D eigenvalue weighted by Crippen LogP contribution is -2.45. The van der Waals surface area contributed by atoms with Crippen LogP contribution in [0.1, 0.15) is 104 Å². The SMILES string of the molecule is COCc1cccc(CCC[C@@H](/C=C/[C@H]2[C@H](O[Si](C)(C)C(C)(C)C)CC(=O)[C@@H]2CCCCCCP(C)(=O)O)O[Si](C)(C)C(C)(C)C)c1. The summed E-state index contributed by atoms with van der Waals surface area (Å²) in [4.78, 5) is 23.2. The third-order valence-electron chi connectivity index (χ3n) is 10.9. The van der Waals surface area contributed by atoms with Gasteiger partial charge in [-0.25, -0.2) is 0 Å². The molecule has 9 heteroatoms. The Bertz CT molecular complexity index is 1190. The van der Waals surface area contributed by atoms with Crippen LogP contribution in [0.25, 0.3) is 0 Å². The summed E-state index contributed by atoms with van der Waals surface area (Å²) in [5.41, 5.74) is 2.52. The third-order valence-corrected chi connectivity index (χ3v) is 21.0. The standard InChI is InChI=1S/C38H69O6PSi2/c1-37(2,3)46(9,10)43-32(22-18-20-30-19-17-21-31(27-30)29-42-7)24-25-34-33(23-15-13-14-16-26-45(8,40)41)35(39)28-36(34)44-47(11,12)38(4,5)6/h17,19,21,24-25,27,32-34,36H,13-16,18,20,22-23,26,28-29H2,1-12H3,(H,40,41)/b25-24+/t32-,33+,34+,36+/m0/s1. The van der Waals surface area contributed by atoms with Crippen molar-refractivity contribution in [2.45, 2.75) is 154 Å². The fourth-order valence-corrected chi connectivity index (χ4v) is 9.39. The lowest BCUT2D eigenvalue weighted by atomic mass is 9.88. The van der Waals surface area contributed by atoms with E-state index in [-0.39, 0.29) is 34.1 Å². The molecule has 1 aromatic carbocycles. The molecule has 1 aliphatic rings. The minimum absolute atomic E-state index is 0.0221. The van der Waals surface area contributed by atoms with Gasteiger partial charge >= 0.3 is 0 Å². The Morgan fingerprint density at radius 3 is 2.17 bits per heavy atom. The second-order valence-corrected chi connectivity index (χ2v) is 29.3. The summed E-state index contributed by atoms with van der Waals surface area (Å²) in [5.74, 6) is 0.281. The van der Waals surface area contributed by atoms with Gasteiger partial charge in [0.1, 0.15) is 5.78 Å². The monoisotopic (exact) mass is 708 g/mol. The van der Waals surface area contributed by atoms with Gasteiger partial charge in [-0.2, -0.15) is 0 Å². The Morgan fingerprint density at radius 1 is 0.957 bits per heavy atom. The Morgan fingerprint density at radius 2 is 1.57 bits per heavy atom. The number of aryl methyl sites for hydroxylation is 1. The van der Waals surface area contributed by atoms with E-state index in [0.29, 0.717) is 25.0 Å². The van der Waals surface area contributed by atoms with Crippen molar-refractivity contribution < 1.29 is 27.8 Å². The van der Waals surface area contributed by atoms with Crippen LogP contribution in [0.2, 0.25) is 36.3 Å². The van der Waals surface area contributed by atoms with Gasteiger partial charge in [-0.15, -0.1) is 0 Å². The predicted molar refractivity (Wildman–Crippen MR) is 204 cm³/mol. The zero-order valence-corrected chi connectivity index (χ0v) is 34.9. The van der Waals surface area contributed by atoms with E-state index in [9.17, 15) is 14.3 Å². The van der Waals surface area contributed by atoms with Crippen LogP contribution in [-0.2, 0) is 36.0 Å². The molecule has 6 nitrogen and oxygen atoms in total. The molecule has 47 heavy (non-hydrogen) atoms. The highest BCUT2D eigenvalue weighted by Gasteiger charge is 2.47. The first-order valence-electron chi connectivity index (χ1n) is 18.0. The quantitative estimate of drug-likeness (QED) is 0.0667. The zero-order chi connectivity index (χ0) is 35.7. The lowest BCUT2D eigenvalue weighted by Gasteiger charge is -2.40. The molecule has 0 heterocycles. The number of methoxy groups -OCH3 is 1. The van der Waals surface area contributed by atoms with Crippen LogP contribution in [0.5, 0.6) is 0 Å². The topological polar surface area (TPSA) is 82.1 Å². The van der Waals surface area contributed by atoms with Crippen LogP contribution in [-0.4, -0.2) is 59.5 Å². The maximum absolute atomic E-state index is 13.6. The van der Waals surface area contributed by atoms with E-state index < -0.39 is 24.0 Å². The van der Waals surface area contributed by atoms with E-state index in [1.165, 1.54) is 17.8 Å². The maximum Gasteiger partial charge on any atom is 0.197 e. The van der Waals surface area contributed by atoms with E-state index in [0.717, 1.165) is 51.4 Å². The first-order valence-corrected chi connectivity index (χ1v) is 26.1. The molecule has 0 aromatic heterocycles. The van der Waals surface area contributed by atoms with Crippen LogP contribution in [0.4, 0.5) is 0 Å². The summed E-state index contributed by atoms with van der Waals surface area (Å²) < 4.78 is 31.1. The molecule has 0 spiro atoms. The van der Waals surface area contributed by atoms with Crippen LogP contribution in [0.3, 0.4) is 0 Å². The van der Waals surface area contributed by atoms with Gasteiger partial charge in [0.15, 0.2) is 24.0 Å². The predicted octanol–water partition coefficient (Wildman–Crippen LogP) is 10.5. The van der Waals surface area contributed by atoms with Crippen LogP contribution in [0, 0.1) is 11.8 Å². The summed E-state index contributed by atoms with van der Waals surface area (Å²) in [6, 6.07) is 8.66. The van der Waals surface area contributed by atoms with Gasteiger partial charge in [0.05, 0.1) is 18.8 Å². The molecule has 0 radical (unpaired) electrons. The van der Waals surface area contributed by atoms with Crippen LogP contribution in [0.15, 0.2) is 36.4 Å². The molecule has 1 aromatic rings. The number of hydrogen-bond acceptors (Lipinski definition) is 5. The second kappa shape index (κ2) is 17.9. The molecular weight excluding hydrogens is 640 g/mol. The van der Waals surface area contributed by atoms with Gasteiger partial charge in [0.25, 0.3) is 0 Å². The highest BCUT2D eigenvalue weighted by Crippen LogP contribution is 2.44. The molecule has 0 bridgehead atoms. The lowest BCUT2D eigenvalue weighted by molar-refractivity contribution is -0.121. The molecule has 1 saturated carbocycles. The highest BCUT2D eigenvalue weighted by atomic mass is 31.2. The van der Waals surface area contributed by atoms with Gasteiger partial charge in [0.2, 0.25) is 0 Å². The molecule has 0 aliphatic heterocycles. The second-order valence-electron chi connectivity index (χ2n) is 17.2. The van der Waals surface area contributed by atoms with Gasteiger partial charge in [0, 0.05) is 38.2 Å². The molecular formula is C38H69O6PSi2. The fraction of sp³-hybridized carbons (Fsp3) is 0.763. The van der Waals surface area contributed by atoms with Crippen LogP contribution < -0.4 is 0 Å². The summed E-state index contributed by atoms with van der Waals surface area (Å²) in [6.07, 6.45) is 12.6. The summed E-state index contributed by atoms with van der Waals surface area (Å²) >= 11 is 0. The van der Waals surface area contributed by atoms with Crippen molar-refractivity contribution in [3.05, 3.63) is 47.5 Å². The third kappa shape index (κ3) is 14.1. The van der Waals surface area contributed by atoms with Gasteiger partial charge in [-0.1, -0.05) is 97.2 Å². The van der Waals surface area contributed by atoms with Crippen molar-refractivity contribution >= 4 is 29.8 Å². The first-order chi connectivity index (χ1) is 21.6. The summed E-state index contributed by atoms with van der Waals surface area (Å²) in [6.45, 7) is 24.9. The smallest absolute Gasteiger partial charge is 0.197 e. The summed E-state index contributed by atoms with van der Waals surface area (Å²) in [7, 11) is -5.37. The van der Waals surface area contributed by atoms with E-state index in [2.05, 4.69) is 104 Å². The van der Waals surface area contributed by atoms with Crippen molar-refractivity contribution in [2.75, 3.05) is 19.9 Å². The number of Topliss-reactive ketones (excluding diaryl/α,β-unsaturated/α-hetero) is 1. The molecule has 0 saturated heterocycles. The van der Waals surface area contributed by atoms with Gasteiger partial charge in [-0.05, 0) is 79.5 Å². The molecule has 2 rings (SSSR count). The first kappa shape index (κ1) is 42.3. The number of benzene rings is 1. The minimum Gasteiger partial charge on any atom is -0.413 e. The minimum atomic E-state index is -2.96. The molecule has 5 atom stereocenters. The number of ketones is 1. The molecule has 1 aliphatic carbocycles. The average molecular weight is 709 g/mol. The van der Waals surface area contributed by atoms with E-state index in [1.54, 1.807) is 7.11 Å². The van der Waals surface area contributed by atoms with Gasteiger partial charge in [-0.3, -0.25) is 9.36 Å². The van der Waals surface area contributed by atoms with Crippen molar-refractivity contribution in [3.63, 3.8) is 0 Å². The zero-order valence-electron chi connectivity index (χ0n) is 32.0. The van der Waals surface area contributed by atoms with Gasteiger partial charge < -0.3 is 18.5 Å². The number of unbranched alkanes of at least 4 members (excludes halogenated alkanes) is 3. The summed E-state index contributed by atoms with van der Waals surface area (Å²) in [5, 5.41) is 0.150. The van der Waals surface area contributed by atoms with E-state index in [1.807, 2.05) is 0 Å². The Balaban J connectivity index is 2.29. The fourth-order valence-electron chi connectivity index (χ4n) is 5.92. The maximum atomic E-state index is 13.6. The van der Waals surface area contributed by atoms with Crippen molar-refractivity contribution in [2.24, 2.45) is 11.8 Å². The van der Waals surface area contributed by atoms with Crippen LogP contribution >= 0.6 is 7.37 Å². The Kier molecular flexibility index (Phi) is 16.1. The molecule has 1 N–H and O–H groups in total. The number of hydrogen-bond donors (Lipinski definition) is 1. The largest absolute Gasteiger partial charge is 0.413 e. The number of rotatable bonds is 19. The molecule has 1 fully saturated rings. The average Bonchev–Trinajstić information content (AvgIpc) is 3.20.